The molecule has 0 radical (unpaired) electrons. The maximum absolute atomic E-state index is 12.3. The van der Waals surface area contributed by atoms with E-state index in [0.717, 1.165) is 41.7 Å². The van der Waals surface area contributed by atoms with Gasteiger partial charge in [0.25, 0.3) is 0 Å². The Balaban J connectivity index is 1.48. The number of nitrogens with one attached hydrogen (secondary N) is 1. The maximum Gasteiger partial charge on any atom is 0.410 e. The molecule has 2 amide bonds. The quantitative estimate of drug-likeness (QED) is 0.818. The number of rotatable bonds is 2. The number of hydrogen-bond acceptors (Lipinski definition) is 6. The second-order valence-electron chi connectivity index (χ2n) is 8.97. The molecule has 4 rings (SSSR count). The number of benzene rings is 1. The molecule has 0 saturated carbocycles. The SMILES string of the molecule is CC(C)(C)OC(=O)N1CCC(c2ncnc3cc(N4CCNC(=O)C4)ccc23)CC1. The first kappa shape index (κ1) is 20.4. The number of amides is 2. The fourth-order valence-electron chi connectivity index (χ4n) is 4.11. The van der Waals surface area contributed by atoms with Crippen LogP contribution >= 0.6 is 0 Å². The highest BCUT2D eigenvalue weighted by atomic mass is 16.6. The number of anilines is 1. The molecule has 8 heteroatoms. The Hall–Kier alpha value is -2.90. The van der Waals surface area contributed by atoms with Crippen LogP contribution in [0, 0.1) is 0 Å². The number of hydrogen-bond donors (Lipinski definition) is 1. The Morgan fingerprint density at radius 3 is 2.63 bits per heavy atom. The van der Waals surface area contributed by atoms with Crippen molar-refractivity contribution < 1.29 is 14.3 Å². The molecule has 0 aliphatic carbocycles. The van der Waals surface area contributed by atoms with Crippen molar-refractivity contribution in [3.05, 3.63) is 30.2 Å². The van der Waals surface area contributed by atoms with Gasteiger partial charge in [0.05, 0.1) is 17.8 Å². The van der Waals surface area contributed by atoms with Crippen molar-refractivity contribution in [2.45, 2.75) is 45.1 Å². The topological polar surface area (TPSA) is 87.7 Å². The molecule has 8 nitrogen and oxygen atoms in total. The molecule has 1 aromatic carbocycles. The average molecular weight is 412 g/mol. The molecule has 1 N–H and O–H groups in total. The van der Waals surface area contributed by atoms with Crippen LogP contribution in [0.5, 0.6) is 0 Å². The monoisotopic (exact) mass is 411 g/mol. The molecule has 0 spiro atoms. The van der Waals surface area contributed by atoms with Crippen molar-refractivity contribution in [3.8, 4) is 0 Å². The van der Waals surface area contributed by atoms with Crippen LogP contribution in [0.4, 0.5) is 10.5 Å². The summed E-state index contributed by atoms with van der Waals surface area (Å²) in [5.74, 6) is 0.322. The van der Waals surface area contributed by atoms with E-state index >= 15 is 0 Å². The summed E-state index contributed by atoms with van der Waals surface area (Å²) in [5, 5.41) is 3.89. The van der Waals surface area contributed by atoms with Gasteiger partial charge in [0.2, 0.25) is 5.91 Å². The van der Waals surface area contributed by atoms with Gasteiger partial charge in [0.1, 0.15) is 11.9 Å². The third kappa shape index (κ3) is 4.47. The molecule has 0 bridgehead atoms. The zero-order valence-electron chi connectivity index (χ0n) is 17.9. The second kappa shape index (κ2) is 8.08. The van der Waals surface area contributed by atoms with E-state index in [1.54, 1.807) is 11.2 Å². The summed E-state index contributed by atoms with van der Waals surface area (Å²) >= 11 is 0. The minimum atomic E-state index is -0.483. The molecular formula is C22H29N5O3. The van der Waals surface area contributed by atoms with Crippen molar-refractivity contribution in [1.82, 2.24) is 20.2 Å². The van der Waals surface area contributed by atoms with Crippen LogP contribution in [0.1, 0.15) is 45.2 Å². The summed E-state index contributed by atoms with van der Waals surface area (Å²) in [5.41, 5.74) is 2.44. The molecule has 2 saturated heterocycles. The van der Waals surface area contributed by atoms with E-state index < -0.39 is 5.60 Å². The minimum absolute atomic E-state index is 0.0430. The van der Waals surface area contributed by atoms with Gasteiger partial charge in [0.15, 0.2) is 0 Å². The minimum Gasteiger partial charge on any atom is -0.444 e. The fourth-order valence-corrected chi connectivity index (χ4v) is 4.11. The molecule has 1 aromatic heterocycles. The lowest BCUT2D eigenvalue weighted by molar-refractivity contribution is -0.120. The van der Waals surface area contributed by atoms with Gasteiger partial charge in [-0.1, -0.05) is 0 Å². The summed E-state index contributed by atoms with van der Waals surface area (Å²) < 4.78 is 5.50. The highest BCUT2D eigenvalue weighted by Crippen LogP contribution is 2.32. The van der Waals surface area contributed by atoms with E-state index in [2.05, 4.69) is 26.3 Å². The van der Waals surface area contributed by atoms with Crippen LogP contribution < -0.4 is 10.2 Å². The molecule has 30 heavy (non-hydrogen) atoms. The number of fused-ring (bicyclic) bond motifs is 1. The van der Waals surface area contributed by atoms with Crippen LogP contribution in [0.25, 0.3) is 10.9 Å². The number of carbonyl (C=O) groups excluding carboxylic acids is 2. The molecule has 2 aliphatic heterocycles. The van der Waals surface area contributed by atoms with Crippen molar-refractivity contribution in [2.24, 2.45) is 0 Å². The van der Waals surface area contributed by atoms with Gasteiger partial charge in [-0.05, 0) is 51.8 Å². The van der Waals surface area contributed by atoms with Crippen molar-refractivity contribution >= 4 is 28.6 Å². The lowest BCUT2D eigenvalue weighted by Crippen LogP contribution is -2.47. The summed E-state index contributed by atoms with van der Waals surface area (Å²) in [7, 11) is 0. The van der Waals surface area contributed by atoms with Crippen LogP contribution in [0.3, 0.4) is 0 Å². The van der Waals surface area contributed by atoms with Crippen molar-refractivity contribution in [3.63, 3.8) is 0 Å². The first-order valence-corrected chi connectivity index (χ1v) is 10.5. The third-order valence-electron chi connectivity index (χ3n) is 5.59. The summed E-state index contributed by atoms with van der Waals surface area (Å²) in [6, 6.07) is 6.14. The lowest BCUT2D eigenvalue weighted by atomic mass is 9.91. The number of likely N-dealkylation sites (tertiary alicyclic amines) is 1. The van der Waals surface area contributed by atoms with E-state index in [1.165, 1.54) is 0 Å². The van der Waals surface area contributed by atoms with Crippen molar-refractivity contribution in [1.29, 1.82) is 0 Å². The number of carbonyl (C=O) groups is 2. The Labute approximate surface area is 176 Å². The smallest absolute Gasteiger partial charge is 0.410 e. The Kier molecular flexibility index (Phi) is 5.49. The standard InChI is InChI=1S/C22H29N5O3/c1-22(2,3)30-21(29)26-9-6-15(7-10-26)20-17-5-4-16(12-18(17)24-14-25-20)27-11-8-23-19(28)13-27/h4-5,12,14-15H,6-11,13H2,1-3H3,(H,23,28). The van der Waals surface area contributed by atoms with E-state index in [9.17, 15) is 9.59 Å². The van der Waals surface area contributed by atoms with E-state index in [-0.39, 0.29) is 17.9 Å². The van der Waals surface area contributed by atoms with E-state index in [4.69, 9.17) is 4.74 Å². The molecule has 2 aliphatic rings. The predicted octanol–water partition coefficient (Wildman–Crippen LogP) is 2.68. The molecule has 0 unspecified atom stereocenters. The van der Waals surface area contributed by atoms with Crippen LogP contribution in [-0.2, 0) is 9.53 Å². The number of nitrogens with zero attached hydrogens (tertiary/aromatic N) is 4. The molecule has 2 fully saturated rings. The van der Waals surface area contributed by atoms with Gasteiger partial charge in [-0.25, -0.2) is 14.8 Å². The Morgan fingerprint density at radius 2 is 1.93 bits per heavy atom. The average Bonchev–Trinajstić information content (AvgIpc) is 2.72. The highest BCUT2D eigenvalue weighted by Gasteiger charge is 2.29. The Bertz CT molecular complexity index is 947. The van der Waals surface area contributed by atoms with E-state index in [1.807, 2.05) is 32.9 Å². The fraction of sp³-hybridized carbons (Fsp3) is 0.545. The molecule has 2 aromatic rings. The van der Waals surface area contributed by atoms with Crippen molar-refractivity contribution in [2.75, 3.05) is 37.6 Å². The number of ether oxygens (including phenoxy) is 1. The van der Waals surface area contributed by atoms with Gasteiger partial charge < -0.3 is 19.9 Å². The van der Waals surface area contributed by atoms with Crippen LogP contribution in [0.2, 0.25) is 0 Å². The lowest BCUT2D eigenvalue weighted by Gasteiger charge is -2.33. The van der Waals surface area contributed by atoms with Crippen LogP contribution in [-0.4, -0.2) is 65.2 Å². The summed E-state index contributed by atoms with van der Waals surface area (Å²) in [4.78, 5) is 36.9. The first-order chi connectivity index (χ1) is 14.3. The predicted molar refractivity (Wildman–Crippen MR) is 115 cm³/mol. The van der Waals surface area contributed by atoms with Gasteiger partial charge in [0, 0.05) is 43.2 Å². The summed E-state index contributed by atoms with van der Waals surface area (Å²) in [6.07, 6.45) is 3.06. The normalized spacial score (nSPS) is 18.4. The van der Waals surface area contributed by atoms with E-state index in [0.29, 0.717) is 26.2 Å². The number of piperazine rings is 1. The van der Waals surface area contributed by atoms with Gasteiger partial charge in [-0.2, -0.15) is 0 Å². The van der Waals surface area contributed by atoms with Gasteiger partial charge in [-0.3, -0.25) is 4.79 Å². The molecular weight excluding hydrogens is 382 g/mol. The maximum atomic E-state index is 12.3. The number of piperidine rings is 1. The molecule has 160 valence electrons. The zero-order chi connectivity index (χ0) is 21.3. The summed E-state index contributed by atoms with van der Waals surface area (Å²) in [6.45, 7) is 8.78. The van der Waals surface area contributed by atoms with Crippen LogP contribution in [0.15, 0.2) is 24.5 Å². The second-order valence-corrected chi connectivity index (χ2v) is 8.97. The molecule has 0 atom stereocenters. The van der Waals surface area contributed by atoms with Gasteiger partial charge >= 0.3 is 6.09 Å². The zero-order valence-corrected chi connectivity index (χ0v) is 17.9. The van der Waals surface area contributed by atoms with Gasteiger partial charge in [-0.15, -0.1) is 0 Å². The molecule has 3 heterocycles. The third-order valence-corrected chi connectivity index (χ3v) is 5.59. The highest BCUT2D eigenvalue weighted by molar-refractivity contribution is 5.87. The number of aromatic nitrogens is 2. The first-order valence-electron chi connectivity index (χ1n) is 10.5. The Morgan fingerprint density at radius 1 is 1.17 bits per heavy atom. The largest absolute Gasteiger partial charge is 0.444 e.